The van der Waals surface area contributed by atoms with Crippen LogP contribution in [0.25, 0.3) is 0 Å². The fourth-order valence-corrected chi connectivity index (χ4v) is 3.27. The van der Waals surface area contributed by atoms with Crippen LogP contribution in [-0.4, -0.2) is 18.4 Å². The molecule has 0 aromatic heterocycles. The number of anilines is 2. The highest BCUT2D eigenvalue weighted by Crippen LogP contribution is 2.43. The summed E-state index contributed by atoms with van der Waals surface area (Å²) in [6.07, 6.45) is 1.67. The van der Waals surface area contributed by atoms with Gasteiger partial charge in [0.05, 0.1) is 11.3 Å². The van der Waals surface area contributed by atoms with Gasteiger partial charge >= 0.3 is 0 Å². The van der Waals surface area contributed by atoms with Gasteiger partial charge in [-0.2, -0.15) is 0 Å². The molecule has 0 aliphatic carbocycles. The molecule has 0 unspecified atom stereocenters. The van der Waals surface area contributed by atoms with Crippen molar-refractivity contribution in [3.63, 3.8) is 0 Å². The molecule has 0 bridgehead atoms. The molecule has 2 aliphatic rings. The Balaban J connectivity index is 1.91. The predicted molar refractivity (Wildman–Crippen MR) is 88.2 cm³/mol. The van der Waals surface area contributed by atoms with E-state index in [0.717, 1.165) is 11.3 Å². The maximum Gasteiger partial charge on any atom is 0.278 e. The zero-order chi connectivity index (χ0) is 16.0. The number of para-hydroxylation sites is 2. The number of hydrogen-bond donors (Lipinski definition) is 2. The quantitative estimate of drug-likeness (QED) is 0.836. The summed E-state index contributed by atoms with van der Waals surface area (Å²) >= 11 is 0. The number of nitrogens with zero attached hydrogens (tertiary/aromatic N) is 1. The molecule has 114 valence electrons. The first kappa shape index (κ1) is 13.6. The summed E-state index contributed by atoms with van der Waals surface area (Å²) in [6, 6.07) is 14.6. The topological polar surface area (TPSA) is 61.4 Å². The Hall–Kier alpha value is -3.08. The zero-order valence-electron chi connectivity index (χ0n) is 12.4. The smallest absolute Gasteiger partial charge is 0.278 e. The predicted octanol–water partition coefficient (Wildman–Crippen LogP) is 2.23. The molecule has 2 aromatic rings. The van der Waals surface area contributed by atoms with Gasteiger partial charge < -0.3 is 15.5 Å². The van der Waals surface area contributed by atoms with Crippen LogP contribution < -0.4 is 15.5 Å². The number of hydrogen-bond acceptors (Lipinski definition) is 3. The van der Waals surface area contributed by atoms with Crippen molar-refractivity contribution in [2.45, 2.75) is 5.66 Å². The van der Waals surface area contributed by atoms with Crippen LogP contribution in [-0.2, 0) is 10.5 Å². The minimum atomic E-state index is -1.26. The van der Waals surface area contributed by atoms with Gasteiger partial charge in [-0.3, -0.25) is 9.59 Å². The summed E-state index contributed by atoms with van der Waals surface area (Å²) in [7, 11) is 0. The maximum absolute atomic E-state index is 13.1. The van der Waals surface area contributed by atoms with Crippen LogP contribution in [0.2, 0.25) is 0 Å². The lowest BCUT2D eigenvalue weighted by Gasteiger charge is -2.36. The van der Waals surface area contributed by atoms with Gasteiger partial charge in [0.15, 0.2) is 0 Å². The van der Waals surface area contributed by atoms with E-state index in [1.54, 1.807) is 23.1 Å². The van der Waals surface area contributed by atoms with Crippen LogP contribution in [0.1, 0.15) is 15.9 Å². The summed E-state index contributed by atoms with van der Waals surface area (Å²) in [5.41, 5.74) is 1.45. The third kappa shape index (κ3) is 1.73. The first-order valence-corrected chi connectivity index (χ1v) is 7.39. The number of benzene rings is 2. The number of fused-ring (bicyclic) bond motifs is 3. The molecule has 0 saturated carbocycles. The largest absolute Gasteiger partial charge is 0.350 e. The minimum Gasteiger partial charge on any atom is -0.350 e. The van der Waals surface area contributed by atoms with E-state index in [0.29, 0.717) is 17.8 Å². The normalized spacial score (nSPS) is 21.5. The molecule has 1 spiro atoms. The minimum absolute atomic E-state index is 0.207. The van der Waals surface area contributed by atoms with Gasteiger partial charge in [-0.05, 0) is 18.2 Å². The zero-order valence-corrected chi connectivity index (χ0v) is 12.4. The highest BCUT2D eigenvalue weighted by molar-refractivity contribution is 6.15. The van der Waals surface area contributed by atoms with Gasteiger partial charge in [-0.1, -0.05) is 36.4 Å². The second kappa shape index (κ2) is 4.71. The monoisotopic (exact) mass is 305 g/mol. The highest BCUT2D eigenvalue weighted by atomic mass is 16.2. The van der Waals surface area contributed by atoms with E-state index >= 15 is 0 Å². The Labute approximate surface area is 133 Å². The van der Waals surface area contributed by atoms with Crippen molar-refractivity contribution in [1.29, 1.82) is 0 Å². The second-order valence-corrected chi connectivity index (χ2v) is 5.60. The Morgan fingerprint density at radius 1 is 1.04 bits per heavy atom. The van der Waals surface area contributed by atoms with E-state index in [1.807, 2.05) is 36.4 Å². The summed E-state index contributed by atoms with van der Waals surface area (Å²) in [5.74, 6) is -0.468. The van der Waals surface area contributed by atoms with E-state index in [1.165, 1.54) is 0 Å². The molecular formula is C18H15N3O2. The molecule has 0 saturated heterocycles. The molecule has 2 amide bonds. The standard InChI is InChI=1S/C18H15N3O2/c1-2-11-21-15-10-6-4-8-13(15)18(17(21)23)19-14-9-5-3-7-12(14)16(22)20-18/h2-10,19H,1,11H2,(H,20,22)/t18-/m0/s1. The third-order valence-corrected chi connectivity index (χ3v) is 4.27. The van der Waals surface area contributed by atoms with Crippen molar-refractivity contribution in [3.8, 4) is 0 Å². The SMILES string of the molecule is C=CCN1C(=O)[C@@]2(NC(=O)c3ccccc3N2)c2ccccc21. The van der Waals surface area contributed by atoms with Crippen molar-refractivity contribution >= 4 is 23.2 Å². The molecule has 1 atom stereocenters. The fourth-order valence-electron chi connectivity index (χ4n) is 3.27. The van der Waals surface area contributed by atoms with Crippen molar-refractivity contribution in [1.82, 2.24) is 5.32 Å². The molecule has 2 N–H and O–H groups in total. The van der Waals surface area contributed by atoms with Gasteiger partial charge in [0, 0.05) is 17.8 Å². The van der Waals surface area contributed by atoms with E-state index in [2.05, 4.69) is 17.2 Å². The highest BCUT2D eigenvalue weighted by Gasteiger charge is 2.54. The van der Waals surface area contributed by atoms with E-state index in [4.69, 9.17) is 0 Å². The average molecular weight is 305 g/mol. The van der Waals surface area contributed by atoms with E-state index < -0.39 is 5.66 Å². The molecule has 4 rings (SSSR count). The van der Waals surface area contributed by atoms with Crippen molar-refractivity contribution in [2.75, 3.05) is 16.8 Å². The Morgan fingerprint density at radius 2 is 1.78 bits per heavy atom. The molecule has 5 nitrogen and oxygen atoms in total. The Kier molecular flexibility index (Phi) is 2.78. The number of nitrogens with one attached hydrogen (secondary N) is 2. The summed E-state index contributed by atoms with van der Waals surface area (Å²) < 4.78 is 0. The van der Waals surface area contributed by atoms with E-state index in [-0.39, 0.29) is 11.8 Å². The van der Waals surface area contributed by atoms with Crippen LogP contribution in [0, 0.1) is 0 Å². The second-order valence-electron chi connectivity index (χ2n) is 5.60. The number of amides is 2. The van der Waals surface area contributed by atoms with Gasteiger partial charge in [0.2, 0.25) is 5.66 Å². The maximum atomic E-state index is 13.1. The molecule has 23 heavy (non-hydrogen) atoms. The Morgan fingerprint density at radius 3 is 2.61 bits per heavy atom. The van der Waals surface area contributed by atoms with Crippen LogP contribution in [0.5, 0.6) is 0 Å². The summed E-state index contributed by atoms with van der Waals surface area (Å²) in [5, 5.41) is 6.11. The molecule has 5 heteroatoms. The molecule has 0 radical (unpaired) electrons. The molecule has 2 heterocycles. The number of carbonyl (C=O) groups is 2. The molecule has 2 aromatic carbocycles. The number of carbonyl (C=O) groups excluding carboxylic acids is 2. The van der Waals surface area contributed by atoms with Gasteiger partial charge in [0.25, 0.3) is 11.8 Å². The fraction of sp³-hybridized carbons (Fsp3) is 0.111. The molecule has 0 fully saturated rings. The first-order chi connectivity index (χ1) is 11.2. The van der Waals surface area contributed by atoms with Gasteiger partial charge in [0.1, 0.15) is 0 Å². The third-order valence-electron chi connectivity index (χ3n) is 4.27. The van der Waals surface area contributed by atoms with E-state index in [9.17, 15) is 9.59 Å². The van der Waals surface area contributed by atoms with Crippen LogP contribution in [0.3, 0.4) is 0 Å². The van der Waals surface area contributed by atoms with Crippen molar-refractivity contribution in [2.24, 2.45) is 0 Å². The van der Waals surface area contributed by atoms with Crippen LogP contribution >= 0.6 is 0 Å². The van der Waals surface area contributed by atoms with Gasteiger partial charge in [-0.15, -0.1) is 6.58 Å². The lowest BCUT2D eigenvalue weighted by Crippen LogP contribution is -2.60. The first-order valence-electron chi connectivity index (χ1n) is 7.39. The average Bonchev–Trinajstić information content (AvgIpc) is 2.78. The molecule has 2 aliphatic heterocycles. The van der Waals surface area contributed by atoms with Crippen molar-refractivity contribution in [3.05, 3.63) is 72.3 Å². The van der Waals surface area contributed by atoms with Crippen molar-refractivity contribution < 1.29 is 9.59 Å². The lowest BCUT2D eigenvalue weighted by atomic mass is 9.96. The lowest BCUT2D eigenvalue weighted by molar-refractivity contribution is -0.123. The van der Waals surface area contributed by atoms with Crippen LogP contribution in [0.15, 0.2) is 61.2 Å². The Bertz CT molecular complexity index is 846. The van der Waals surface area contributed by atoms with Crippen LogP contribution in [0.4, 0.5) is 11.4 Å². The number of rotatable bonds is 2. The molecular weight excluding hydrogens is 290 g/mol. The summed E-state index contributed by atoms with van der Waals surface area (Å²) in [6.45, 7) is 4.10. The summed E-state index contributed by atoms with van der Waals surface area (Å²) in [4.78, 5) is 27.2. The van der Waals surface area contributed by atoms with Gasteiger partial charge in [-0.25, -0.2) is 0 Å².